The Labute approximate surface area is 181 Å². The zero-order valence-corrected chi connectivity index (χ0v) is 16.9. The van der Waals surface area contributed by atoms with Crippen molar-refractivity contribution in [1.82, 2.24) is 19.9 Å². The summed E-state index contributed by atoms with van der Waals surface area (Å²) in [6, 6.07) is 1.45. The second kappa shape index (κ2) is 7.76. The highest BCUT2D eigenvalue weighted by Gasteiger charge is 2.49. The minimum absolute atomic E-state index is 0.00181. The molecule has 12 heteroatoms. The molecule has 0 radical (unpaired) electrons. The van der Waals surface area contributed by atoms with Crippen LogP contribution in [0.3, 0.4) is 0 Å². The van der Waals surface area contributed by atoms with Crippen LogP contribution >= 0.6 is 23.2 Å². The van der Waals surface area contributed by atoms with Gasteiger partial charge in [0.1, 0.15) is 22.6 Å². The van der Waals surface area contributed by atoms with Gasteiger partial charge in [0.25, 0.3) is 5.91 Å². The lowest BCUT2D eigenvalue weighted by Gasteiger charge is -2.21. The summed E-state index contributed by atoms with van der Waals surface area (Å²) in [4.78, 5) is 33.5. The van der Waals surface area contributed by atoms with Crippen LogP contribution in [0.25, 0.3) is 16.9 Å². The Bertz CT molecular complexity index is 1260. The molecule has 0 bridgehead atoms. The number of carbonyl (C=O) groups is 1. The number of pyridine rings is 3. The SMILES string of the molecule is O=C(NC(C1CC1)C(F)(F)F)c1cn(-c2ncc(F)cc2Cl)c2nc(Cl)ccc2c1=O. The number of fused-ring (bicyclic) bond motifs is 1. The van der Waals surface area contributed by atoms with Crippen LogP contribution in [0.4, 0.5) is 17.6 Å². The highest BCUT2D eigenvalue weighted by molar-refractivity contribution is 6.32. The fourth-order valence-corrected chi connectivity index (χ4v) is 3.59. The molecule has 4 rings (SSSR count). The van der Waals surface area contributed by atoms with Gasteiger partial charge in [-0.05, 0) is 37.0 Å². The van der Waals surface area contributed by atoms with Gasteiger partial charge >= 0.3 is 6.18 Å². The number of alkyl halides is 3. The van der Waals surface area contributed by atoms with E-state index in [9.17, 15) is 27.2 Å². The highest BCUT2D eigenvalue weighted by Crippen LogP contribution is 2.40. The monoisotopic (exact) mass is 474 g/mol. The van der Waals surface area contributed by atoms with Crippen LogP contribution in [0.1, 0.15) is 23.2 Å². The maximum Gasteiger partial charge on any atom is 0.408 e. The van der Waals surface area contributed by atoms with E-state index >= 15 is 0 Å². The molecule has 3 aromatic rings. The second-order valence-electron chi connectivity index (χ2n) is 7.04. The van der Waals surface area contributed by atoms with E-state index in [-0.39, 0.29) is 27.0 Å². The van der Waals surface area contributed by atoms with Crippen LogP contribution in [-0.2, 0) is 0 Å². The van der Waals surface area contributed by atoms with Crippen molar-refractivity contribution in [3.05, 3.63) is 62.4 Å². The van der Waals surface area contributed by atoms with E-state index in [4.69, 9.17) is 23.2 Å². The number of nitrogens with zero attached hydrogens (tertiary/aromatic N) is 3. The zero-order chi connectivity index (χ0) is 22.5. The summed E-state index contributed by atoms with van der Waals surface area (Å²) in [7, 11) is 0. The first-order valence-electron chi connectivity index (χ1n) is 8.97. The predicted octanol–water partition coefficient (Wildman–Crippen LogP) is 4.30. The molecule has 0 aromatic carbocycles. The van der Waals surface area contributed by atoms with Crippen molar-refractivity contribution < 1.29 is 22.4 Å². The fourth-order valence-electron chi connectivity index (χ4n) is 3.20. The molecule has 0 saturated heterocycles. The van der Waals surface area contributed by atoms with Gasteiger partial charge in [-0.2, -0.15) is 13.2 Å². The van der Waals surface area contributed by atoms with E-state index < -0.39 is 40.9 Å². The van der Waals surface area contributed by atoms with Crippen LogP contribution in [-0.4, -0.2) is 32.7 Å². The van der Waals surface area contributed by atoms with Crippen LogP contribution < -0.4 is 10.7 Å². The molecule has 6 nitrogen and oxygen atoms in total. The van der Waals surface area contributed by atoms with Crippen LogP contribution in [0.15, 0.2) is 35.4 Å². The van der Waals surface area contributed by atoms with Crippen LogP contribution in [0.5, 0.6) is 0 Å². The van der Waals surface area contributed by atoms with Gasteiger partial charge in [0.05, 0.1) is 16.6 Å². The number of amides is 1. The topological polar surface area (TPSA) is 76.9 Å². The largest absolute Gasteiger partial charge is 0.408 e. The number of nitrogens with one attached hydrogen (secondary N) is 1. The number of hydrogen-bond donors (Lipinski definition) is 1. The third kappa shape index (κ3) is 4.22. The maximum atomic E-state index is 13.4. The van der Waals surface area contributed by atoms with Crippen molar-refractivity contribution in [3.8, 4) is 5.82 Å². The maximum absolute atomic E-state index is 13.4. The van der Waals surface area contributed by atoms with Gasteiger partial charge in [0, 0.05) is 6.20 Å². The molecular weight excluding hydrogens is 463 g/mol. The third-order valence-corrected chi connectivity index (χ3v) is 5.30. The van der Waals surface area contributed by atoms with Gasteiger partial charge in [-0.1, -0.05) is 23.2 Å². The highest BCUT2D eigenvalue weighted by atomic mass is 35.5. The van der Waals surface area contributed by atoms with Gasteiger partial charge in [-0.3, -0.25) is 14.2 Å². The van der Waals surface area contributed by atoms with Crippen molar-refractivity contribution in [2.45, 2.75) is 25.1 Å². The molecule has 1 amide bonds. The van der Waals surface area contributed by atoms with E-state index in [2.05, 4.69) is 9.97 Å². The molecule has 0 spiro atoms. The Morgan fingerprint density at radius 3 is 2.58 bits per heavy atom. The summed E-state index contributed by atoms with van der Waals surface area (Å²) in [6.45, 7) is 0. The first-order valence-corrected chi connectivity index (χ1v) is 9.73. The van der Waals surface area contributed by atoms with Gasteiger partial charge < -0.3 is 5.32 Å². The summed E-state index contributed by atoms with van der Waals surface area (Å²) in [6.07, 6.45) is -2.20. The molecule has 3 heterocycles. The molecule has 1 aliphatic rings. The summed E-state index contributed by atoms with van der Waals surface area (Å²) < 4.78 is 54.5. The molecule has 1 N–H and O–H groups in total. The Morgan fingerprint density at radius 1 is 1.26 bits per heavy atom. The van der Waals surface area contributed by atoms with Gasteiger partial charge in [0.15, 0.2) is 11.5 Å². The minimum atomic E-state index is -4.66. The van der Waals surface area contributed by atoms with E-state index in [0.717, 1.165) is 23.0 Å². The van der Waals surface area contributed by atoms with E-state index in [1.807, 2.05) is 5.32 Å². The fraction of sp³-hybridized carbons (Fsp3) is 0.263. The second-order valence-corrected chi connectivity index (χ2v) is 7.83. The van der Waals surface area contributed by atoms with E-state index in [0.29, 0.717) is 12.8 Å². The Kier molecular flexibility index (Phi) is 5.38. The lowest BCUT2D eigenvalue weighted by atomic mass is 10.1. The Hall–Kier alpha value is -2.72. The quantitative estimate of drug-likeness (QED) is 0.451. The molecule has 31 heavy (non-hydrogen) atoms. The van der Waals surface area contributed by atoms with E-state index in [1.165, 1.54) is 12.1 Å². The first-order chi connectivity index (χ1) is 14.6. The molecule has 1 aliphatic carbocycles. The average molecular weight is 475 g/mol. The summed E-state index contributed by atoms with van der Waals surface area (Å²) in [5.41, 5.74) is -1.47. The van der Waals surface area contributed by atoms with Crippen molar-refractivity contribution in [3.63, 3.8) is 0 Å². The predicted molar refractivity (Wildman–Crippen MR) is 105 cm³/mol. The standard InChI is InChI=1S/C19H12Cl2F4N4O2/c20-12-5-9(22)6-26-17(12)29-7-11(14(30)10-3-4-13(21)27-16(10)29)18(31)28-15(8-1-2-8)19(23,24)25/h3-8,15H,1-2H2,(H,28,31). The molecule has 1 unspecified atom stereocenters. The van der Waals surface area contributed by atoms with Gasteiger partial charge in [-0.25, -0.2) is 14.4 Å². The molecule has 1 fully saturated rings. The van der Waals surface area contributed by atoms with Crippen molar-refractivity contribution >= 4 is 40.1 Å². The lowest BCUT2D eigenvalue weighted by molar-refractivity contribution is -0.158. The van der Waals surface area contributed by atoms with Crippen molar-refractivity contribution in [1.29, 1.82) is 0 Å². The average Bonchev–Trinajstić information content (AvgIpc) is 3.51. The van der Waals surface area contributed by atoms with Crippen LogP contribution in [0.2, 0.25) is 10.2 Å². The number of hydrogen-bond acceptors (Lipinski definition) is 4. The van der Waals surface area contributed by atoms with Gasteiger partial charge in [0.2, 0.25) is 5.43 Å². The lowest BCUT2D eigenvalue weighted by Crippen LogP contribution is -2.48. The van der Waals surface area contributed by atoms with Crippen molar-refractivity contribution in [2.75, 3.05) is 0 Å². The van der Waals surface area contributed by atoms with Crippen LogP contribution in [0, 0.1) is 11.7 Å². The van der Waals surface area contributed by atoms with Gasteiger partial charge in [-0.15, -0.1) is 0 Å². The Morgan fingerprint density at radius 2 is 1.97 bits per heavy atom. The smallest absolute Gasteiger partial charge is 0.340 e. The molecule has 3 aromatic heterocycles. The Balaban J connectivity index is 1.88. The van der Waals surface area contributed by atoms with E-state index in [1.54, 1.807) is 0 Å². The normalized spacial score (nSPS) is 15.2. The van der Waals surface area contributed by atoms with Crippen molar-refractivity contribution in [2.24, 2.45) is 5.92 Å². The summed E-state index contributed by atoms with van der Waals surface area (Å²) in [5.74, 6) is -2.77. The minimum Gasteiger partial charge on any atom is -0.340 e. The molecule has 0 aliphatic heterocycles. The number of carbonyl (C=O) groups excluding carboxylic acids is 1. The number of aromatic nitrogens is 3. The molecular formula is C19H12Cl2F4N4O2. The zero-order valence-electron chi connectivity index (χ0n) is 15.4. The molecule has 1 saturated carbocycles. The summed E-state index contributed by atoms with van der Waals surface area (Å²) >= 11 is 12.0. The molecule has 162 valence electrons. The number of rotatable bonds is 4. The molecule has 1 atom stereocenters. The first kappa shape index (κ1) is 21.5. The number of halogens is 6. The summed E-state index contributed by atoms with van der Waals surface area (Å²) in [5, 5.41) is 1.64. The third-order valence-electron chi connectivity index (χ3n) is 4.81.